The maximum atomic E-state index is 11.0. The minimum atomic E-state index is -1.43. The Kier molecular flexibility index (Phi) is 5.38. The maximum Gasteiger partial charge on any atom is 0.337 e. The fourth-order valence-electron chi connectivity index (χ4n) is 1.17. The molecule has 0 aliphatic carbocycles. The molecule has 0 bridgehead atoms. The minimum absolute atomic E-state index is 0.128. The van der Waals surface area contributed by atoms with Crippen LogP contribution in [0.25, 0.3) is 0 Å². The van der Waals surface area contributed by atoms with Crippen LogP contribution in [-0.2, 0) is 14.3 Å². The molecule has 82 valence electrons. The van der Waals surface area contributed by atoms with Crippen LogP contribution < -0.4 is 0 Å². The van der Waals surface area contributed by atoms with E-state index in [9.17, 15) is 14.7 Å². The number of unbranched alkanes of at least 4 members (excludes halogenated alkanes) is 1. The first kappa shape index (κ1) is 13.1. The fraction of sp³-hybridized carbons (Fsp3) is 0.800. The summed E-state index contributed by atoms with van der Waals surface area (Å²) in [6.07, 6.45) is 2.16. The number of rotatable bonds is 6. The molecule has 0 aromatic carbocycles. The number of esters is 1. The lowest BCUT2D eigenvalue weighted by atomic mass is 9.98. The van der Waals surface area contributed by atoms with E-state index in [-0.39, 0.29) is 5.78 Å². The standard InChI is InChI=1S/C10H18O4/c1-8(11)6-4-5-7-10(2,13)9(12)14-3/h13H,4-7H2,1-3H3/t10-/m1/s1. The van der Waals surface area contributed by atoms with Gasteiger partial charge < -0.3 is 14.6 Å². The average Bonchev–Trinajstić information content (AvgIpc) is 2.10. The van der Waals surface area contributed by atoms with Gasteiger partial charge in [-0.3, -0.25) is 0 Å². The van der Waals surface area contributed by atoms with Crippen LogP contribution in [0.15, 0.2) is 0 Å². The molecule has 0 aliphatic heterocycles. The summed E-state index contributed by atoms with van der Waals surface area (Å²) >= 11 is 0. The Morgan fingerprint density at radius 1 is 1.36 bits per heavy atom. The van der Waals surface area contributed by atoms with E-state index < -0.39 is 11.6 Å². The summed E-state index contributed by atoms with van der Waals surface area (Å²) in [7, 11) is 1.24. The molecular formula is C10H18O4. The largest absolute Gasteiger partial charge is 0.467 e. The summed E-state index contributed by atoms with van der Waals surface area (Å²) in [6.45, 7) is 2.95. The molecule has 0 spiro atoms. The lowest BCUT2D eigenvalue weighted by molar-refractivity contribution is -0.161. The van der Waals surface area contributed by atoms with Gasteiger partial charge in [-0.2, -0.15) is 0 Å². The third-order valence-electron chi connectivity index (χ3n) is 2.07. The summed E-state index contributed by atoms with van der Waals surface area (Å²) in [6, 6.07) is 0. The van der Waals surface area contributed by atoms with Gasteiger partial charge in [0.05, 0.1) is 7.11 Å². The monoisotopic (exact) mass is 202 g/mol. The first-order chi connectivity index (χ1) is 6.40. The van der Waals surface area contributed by atoms with Gasteiger partial charge in [0.25, 0.3) is 0 Å². The van der Waals surface area contributed by atoms with E-state index in [0.29, 0.717) is 25.7 Å². The van der Waals surface area contributed by atoms with Gasteiger partial charge in [-0.1, -0.05) is 0 Å². The van der Waals surface area contributed by atoms with Crippen molar-refractivity contribution in [2.24, 2.45) is 0 Å². The molecule has 4 heteroatoms. The van der Waals surface area contributed by atoms with E-state index in [0.717, 1.165) is 0 Å². The van der Waals surface area contributed by atoms with Crippen LogP contribution >= 0.6 is 0 Å². The average molecular weight is 202 g/mol. The van der Waals surface area contributed by atoms with Gasteiger partial charge >= 0.3 is 5.97 Å². The van der Waals surface area contributed by atoms with Gasteiger partial charge in [0.15, 0.2) is 5.60 Å². The maximum absolute atomic E-state index is 11.0. The van der Waals surface area contributed by atoms with Crippen molar-refractivity contribution >= 4 is 11.8 Å². The number of hydrogen-bond acceptors (Lipinski definition) is 4. The van der Waals surface area contributed by atoms with Crippen molar-refractivity contribution in [1.29, 1.82) is 0 Å². The molecule has 0 radical (unpaired) electrons. The normalized spacial score (nSPS) is 14.6. The Morgan fingerprint density at radius 2 is 1.93 bits per heavy atom. The number of hydrogen-bond donors (Lipinski definition) is 1. The van der Waals surface area contributed by atoms with Crippen molar-refractivity contribution in [2.75, 3.05) is 7.11 Å². The molecule has 0 saturated carbocycles. The molecule has 4 nitrogen and oxygen atoms in total. The predicted molar refractivity (Wildman–Crippen MR) is 51.8 cm³/mol. The SMILES string of the molecule is COC(=O)[C@](C)(O)CCCCC(C)=O. The Balaban J connectivity index is 3.76. The lowest BCUT2D eigenvalue weighted by Crippen LogP contribution is -2.36. The van der Waals surface area contributed by atoms with Crippen molar-refractivity contribution in [3.05, 3.63) is 0 Å². The van der Waals surface area contributed by atoms with Crippen LogP contribution in [0.2, 0.25) is 0 Å². The highest BCUT2D eigenvalue weighted by Gasteiger charge is 2.30. The first-order valence-electron chi connectivity index (χ1n) is 4.70. The number of carbonyl (C=O) groups is 2. The molecule has 0 rings (SSSR count). The van der Waals surface area contributed by atoms with Gasteiger partial charge in [0, 0.05) is 6.42 Å². The molecule has 0 unspecified atom stereocenters. The molecule has 1 N–H and O–H groups in total. The number of Topliss-reactive ketones (excluding diaryl/α,β-unsaturated/α-hetero) is 1. The number of aliphatic hydroxyl groups is 1. The number of carbonyl (C=O) groups excluding carboxylic acids is 2. The van der Waals surface area contributed by atoms with E-state index in [2.05, 4.69) is 4.74 Å². The van der Waals surface area contributed by atoms with Crippen LogP contribution in [0.3, 0.4) is 0 Å². The second-order valence-electron chi connectivity index (χ2n) is 3.67. The Morgan fingerprint density at radius 3 is 2.36 bits per heavy atom. The molecular weight excluding hydrogens is 184 g/mol. The molecule has 1 atom stereocenters. The van der Waals surface area contributed by atoms with Gasteiger partial charge in [0.1, 0.15) is 5.78 Å². The van der Waals surface area contributed by atoms with Crippen molar-refractivity contribution in [3.8, 4) is 0 Å². The van der Waals surface area contributed by atoms with Crippen molar-refractivity contribution < 1.29 is 19.4 Å². The summed E-state index contributed by atoms with van der Waals surface area (Å²) in [5.41, 5.74) is -1.43. The van der Waals surface area contributed by atoms with E-state index in [1.165, 1.54) is 21.0 Å². The van der Waals surface area contributed by atoms with Crippen LogP contribution in [-0.4, -0.2) is 29.6 Å². The Labute approximate surface area is 84.3 Å². The highest BCUT2D eigenvalue weighted by molar-refractivity contribution is 5.78. The summed E-state index contributed by atoms with van der Waals surface area (Å²) in [5.74, 6) is -0.497. The molecule has 0 fully saturated rings. The van der Waals surface area contributed by atoms with E-state index in [4.69, 9.17) is 0 Å². The topological polar surface area (TPSA) is 63.6 Å². The smallest absolute Gasteiger partial charge is 0.337 e. The number of ketones is 1. The molecule has 0 aliphatic rings. The van der Waals surface area contributed by atoms with Crippen LogP contribution in [0.5, 0.6) is 0 Å². The van der Waals surface area contributed by atoms with Crippen molar-refractivity contribution in [3.63, 3.8) is 0 Å². The second-order valence-corrected chi connectivity index (χ2v) is 3.67. The molecule has 0 heterocycles. The van der Waals surface area contributed by atoms with Crippen molar-refractivity contribution in [2.45, 2.75) is 45.1 Å². The highest BCUT2D eigenvalue weighted by Crippen LogP contribution is 2.15. The molecule has 14 heavy (non-hydrogen) atoms. The zero-order chi connectivity index (χ0) is 11.2. The van der Waals surface area contributed by atoms with Gasteiger partial charge in [0.2, 0.25) is 0 Å². The highest BCUT2D eigenvalue weighted by atomic mass is 16.5. The van der Waals surface area contributed by atoms with Gasteiger partial charge in [-0.25, -0.2) is 4.79 Å². The number of ether oxygens (including phenoxy) is 1. The molecule has 0 aromatic heterocycles. The van der Waals surface area contributed by atoms with Gasteiger partial charge in [-0.05, 0) is 33.1 Å². The van der Waals surface area contributed by atoms with Crippen molar-refractivity contribution in [1.82, 2.24) is 0 Å². The number of methoxy groups -OCH3 is 1. The third-order valence-corrected chi connectivity index (χ3v) is 2.07. The minimum Gasteiger partial charge on any atom is -0.467 e. The molecule has 0 aromatic rings. The zero-order valence-corrected chi connectivity index (χ0v) is 9.00. The fourth-order valence-corrected chi connectivity index (χ4v) is 1.17. The first-order valence-corrected chi connectivity index (χ1v) is 4.70. The summed E-state index contributed by atoms with van der Waals surface area (Å²) < 4.78 is 4.44. The Hall–Kier alpha value is -0.900. The second kappa shape index (κ2) is 5.75. The summed E-state index contributed by atoms with van der Waals surface area (Å²) in [4.78, 5) is 21.6. The quantitative estimate of drug-likeness (QED) is 0.516. The summed E-state index contributed by atoms with van der Waals surface area (Å²) in [5, 5.41) is 9.59. The van der Waals surface area contributed by atoms with Gasteiger partial charge in [-0.15, -0.1) is 0 Å². The predicted octanol–water partition coefficient (Wildman–Crippen LogP) is 1.06. The molecule has 0 saturated heterocycles. The van der Waals surface area contributed by atoms with E-state index >= 15 is 0 Å². The third kappa shape index (κ3) is 4.97. The van der Waals surface area contributed by atoms with E-state index in [1.807, 2.05) is 0 Å². The zero-order valence-electron chi connectivity index (χ0n) is 9.00. The van der Waals surface area contributed by atoms with E-state index in [1.54, 1.807) is 0 Å². The molecule has 0 amide bonds. The Bertz CT molecular complexity index is 208. The van der Waals surface area contributed by atoms with Crippen LogP contribution in [0.4, 0.5) is 0 Å². The lowest BCUT2D eigenvalue weighted by Gasteiger charge is -2.19. The van der Waals surface area contributed by atoms with Crippen LogP contribution in [0.1, 0.15) is 39.5 Å². The van der Waals surface area contributed by atoms with Crippen LogP contribution in [0, 0.1) is 0 Å².